The van der Waals surface area contributed by atoms with Crippen molar-refractivity contribution in [3.05, 3.63) is 59.7 Å². The van der Waals surface area contributed by atoms with Gasteiger partial charge in [-0.1, -0.05) is 62.4 Å². The van der Waals surface area contributed by atoms with Crippen LogP contribution in [0.4, 0.5) is 4.79 Å². The molecule has 2 N–H and O–H groups in total. The van der Waals surface area contributed by atoms with Crippen molar-refractivity contribution < 1.29 is 24.2 Å². The van der Waals surface area contributed by atoms with E-state index in [1.165, 1.54) is 0 Å². The van der Waals surface area contributed by atoms with E-state index in [9.17, 15) is 19.5 Å². The topological polar surface area (TPSA) is 95.9 Å². The summed E-state index contributed by atoms with van der Waals surface area (Å²) in [7, 11) is 0. The lowest BCUT2D eigenvalue weighted by molar-refractivity contribution is -0.149. The fraction of sp³-hybridized carbons (Fsp3) is 0.464. The van der Waals surface area contributed by atoms with Crippen LogP contribution in [0, 0.1) is 11.8 Å². The largest absolute Gasteiger partial charge is 0.481 e. The predicted molar refractivity (Wildman–Crippen MR) is 133 cm³/mol. The summed E-state index contributed by atoms with van der Waals surface area (Å²) >= 11 is 0. The van der Waals surface area contributed by atoms with Gasteiger partial charge in [-0.05, 0) is 47.9 Å². The van der Waals surface area contributed by atoms with Gasteiger partial charge in [0, 0.05) is 31.0 Å². The summed E-state index contributed by atoms with van der Waals surface area (Å²) in [5, 5.41) is 12.3. The highest BCUT2D eigenvalue weighted by atomic mass is 16.5. The highest BCUT2D eigenvalue weighted by Crippen LogP contribution is 2.44. The van der Waals surface area contributed by atoms with Gasteiger partial charge in [-0.25, -0.2) is 4.79 Å². The minimum absolute atomic E-state index is 0.00907. The van der Waals surface area contributed by atoms with Crippen LogP contribution in [-0.2, 0) is 14.3 Å². The van der Waals surface area contributed by atoms with Crippen LogP contribution in [0.1, 0.15) is 57.1 Å². The van der Waals surface area contributed by atoms with Crippen molar-refractivity contribution >= 4 is 18.0 Å². The quantitative estimate of drug-likeness (QED) is 0.604. The summed E-state index contributed by atoms with van der Waals surface area (Å²) in [5.74, 6) is -1.59. The molecule has 1 fully saturated rings. The summed E-state index contributed by atoms with van der Waals surface area (Å²) in [6, 6.07) is 15.6. The molecular formula is C28H34N2O5. The van der Waals surface area contributed by atoms with Crippen molar-refractivity contribution in [2.24, 2.45) is 11.8 Å². The minimum atomic E-state index is -0.868. The molecule has 0 bridgehead atoms. The number of piperidine rings is 1. The average molecular weight is 479 g/mol. The first-order valence-corrected chi connectivity index (χ1v) is 12.4. The third-order valence-electron chi connectivity index (χ3n) is 7.47. The Morgan fingerprint density at radius 2 is 1.66 bits per heavy atom. The highest BCUT2D eigenvalue weighted by Gasteiger charge is 2.36. The van der Waals surface area contributed by atoms with Crippen LogP contribution in [0.3, 0.4) is 0 Å². The molecule has 1 aliphatic heterocycles. The van der Waals surface area contributed by atoms with Gasteiger partial charge < -0.3 is 20.1 Å². The van der Waals surface area contributed by atoms with Crippen LogP contribution < -0.4 is 5.32 Å². The summed E-state index contributed by atoms with van der Waals surface area (Å²) < 4.78 is 5.66. The van der Waals surface area contributed by atoms with E-state index < -0.39 is 24.0 Å². The highest BCUT2D eigenvalue weighted by molar-refractivity contribution is 5.81. The van der Waals surface area contributed by atoms with Crippen molar-refractivity contribution in [2.45, 2.75) is 58.0 Å². The number of amides is 2. The van der Waals surface area contributed by atoms with Gasteiger partial charge in [0.1, 0.15) is 6.61 Å². The van der Waals surface area contributed by atoms with E-state index in [1.807, 2.05) is 38.1 Å². The molecule has 0 spiro atoms. The van der Waals surface area contributed by atoms with Crippen molar-refractivity contribution in [1.29, 1.82) is 0 Å². The number of aliphatic carboxylic acids is 1. The fourth-order valence-corrected chi connectivity index (χ4v) is 5.38. The normalized spacial score (nSPS) is 20.2. The number of carbonyl (C=O) groups excluding carboxylic acids is 2. The molecule has 7 nitrogen and oxygen atoms in total. The summed E-state index contributed by atoms with van der Waals surface area (Å²) in [6.45, 7) is 6.43. The first kappa shape index (κ1) is 24.8. The van der Waals surface area contributed by atoms with E-state index in [0.717, 1.165) is 22.3 Å². The third kappa shape index (κ3) is 5.19. The molecule has 2 aromatic carbocycles. The predicted octanol–water partition coefficient (Wildman–Crippen LogP) is 4.65. The summed E-state index contributed by atoms with van der Waals surface area (Å²) in [4.78, 5) is 39.0. The second-order valence-electron chi connectivity index (χ2n) is 9.94. The van der Waals surface area contributed by atoms with Crippen LogP contribution in [0.15, 0.2) is 48.5 Å². The fourth-order valence-electron chi connectivity index (χ4n) is 5.38. The Labute approximate surface area is 206 Å². The number of fused-ring (bicyclic) bond motifs is 3. The van der Waals surface area contributed by atoms with Crippen LogP contribution in [0.25, 0.3) is 11.1 Å². The number of rotatable bonds is 7. The first-order chi connectivity index (χ1) is 16.8. The molecule has 2 aromatic rings. The van der Waals surface area contributed by atoms with Crippen LogP contribution in [0.2, 0.25) is 0 Å². The second kappa shape index (κ2) is 10.5. The van der Waals surface area contributed by atoms with E-state index >= 15 is 0 Å². The van der Waals surface area contributed by atoms with Crippen molar-refractivity contribution in [3.63, 3.8) is 0 Å². The number of hydrogen-bond acceptors (Lipinski definition) is 4. The van der Waals surface area contributed by atoms with Gasteiger partial charge in [0.2, 0.25) is 5.91 Å². The van der Waals surface area contributed by atoms with Crippen LogP contribution in [-0.4, -0.2) is 53.2 Å². The van der Waals surface area contributed by atoms with Gasteiger partial charge in [0.25, 0.3) is 0 Å². The van der Waals surface area contributed by atoms with E-state index in [2.05, 4.69) is 29.6 Å². The lowest BCUT2D eigenvalue weighted by atomic mass is 9.89. The molecule has 2 aliphatic rings. The van der Waals surface area contributed by atoms with E-state index in [4.69, 9.17) is 4.74 Å². The Morgan fingerprint density at radius 1 is 1.06 bits per heavy atom. The maximum atomic E-state index is 13.1. The monoisotopic (exact) mass is 478 g/mol. The van der Waals surface area contributed by atoms with Crippen LogP contribution >= 0.6 is 0 Å². The van der Waals surface area contributed by atoms with Gasteiger partial charge in [0.15, 0.2) is 0 Å². The number of benzene rings is 2. The molecule has 0 saturated carbocycles. The lowest BCUT2D eigenvalue weighted by Gasteiger charge is -2.38. The van der Waals surface area contributed by atoms with Crippen molar-refractivity contribution in [1.82, 2.24) is 10.2 Å². The molecule has 0 unspecified atom stereocenters. The minimum Gasteiger partial charge on any atom is -0.481 e. The number of nitrogens with one attached hydrogen (secondary N) is 1. The zero-order valence-electron chi connectivity index (χ0n) is 20.6. The average Bonchev–Trinajstić information content (AvgIpc) is 3.16. The molecule has 2 amide bonds. The van der Waals surface area contributed by atoms with E-state index in [0.29, 0.717) is 19.4 Å². The molecule has 35 heavy (non-hydrogen) atoms. The number of alkyl carbamates (subject to hydrolysis) is 1. The Kier molecular flexibility index (Phi) is 7.43. The molecule has 0 aromatic heterocycles. The van der Waals surface area contributed by atoms with Gasteiger partial charge in [-0.2, -0.15) is 0 Å². The molecule has 4 rings (SSSR count). The molecule has 186 valence electrons. The summed E-state index contributed by atoms with van der Waals surface area (Å²) in [6.07, 6.45) is 0.803. The maximum Gasteiger partial charge on any atom is 0.407 e. The zero-order valence-corrected chi connectivity index (χ0v) is 20.6. The zero-order chi connectivity index (χ0) is 25.1. The Bertz CT molecular complexity index is 1050. The molecule has 3 atom stereocenters. The number of nitrogens with zero attached hydrogens (tertiary/aromatic N) is 1. The third-order valence-corrected chi connectivity index (χ3v) is 7.47. The second-order valence-corrected chi connectivity index (χ2v) is 9.94. The van der Waals surface area contributed by atoms with Crippen molar-refractivity contribution in [3.8, 4) is 11.1 Å². The smallest absolute Gasteiger partial charge is 0.407 e. The Morgan fingerprint density at radius 3 is 2.23 bits per heavy atom. The molecule has 7 heteroatoms. The number of carboxylic acids is 1. The summed E-state index contributed by atoms with van der Waals surface area (Å²) in [5.41, 5.74) is 4.62. The van der Waals surface area contributed by atoms with Crippen LogP contribution in [0.5, 0.6) is 0 Å². The molecule has 1 heterocycles. The van der Waals surface area contributed by atoms with E-state index in [1.54, 1.807) is 11.8 Å². The maximum absolute atomic E-state index is 13.1. The van der Waals surface area contributed by atoms with Gasteiger partial charge in [-0.3, -0.25) is 9.59 Å². The Hall–Kier alpha value is -3.35. The molecule has 1 aliphatic carbocycles. The Balaban J connectivity index is 1.38. The number of ether oxygens (including phenoxy) is 1. The first-order valence-electron chi connectivity index (χ1n) is 12.4. The lowest BCUT2D eigenvalue weighted by Crippen LogP contribution is -2.51. The van der Waals surface area contributed by atoms with Gasteiger partial charge in [0.05, 0.1) is 5.92 Å². The number of hydrogen-bond donors (Lipinski definition) is 2. The van der Waals surface area contributed by atoms with Gasteiger partial charge >= 0.3 is 12.1 Å². The van der Waals surface area contributed by atoms with Crippen molar-refractivity contribution in [2.75, 3.05) is 13.2 Å². The number of likely N-dealkylation sites (tertiary alicyclic amines) is 1. The van der Waals surface area contributed by atoms with Gasteiger partial charge in [-0.15, -0.1) is 0 Å². The van der Waals surface area contributed by atoms with E-state index in [-0.39, 0.29) is 36.8 Å². The SMILES string of the molecule is CC(C)[C@H](CC(=O)N1CCC[C@@H](C(=O)O)[C@H]1C)NC(=O)OCC1c2ccccc2-c2ccccc21. The molecular weight excluding hydrogens is 444 g/mol. The standard InChI is InChI=1S/C28H34N2O5/c1-17(2)25(15-26(31)30-14-8-13-19(18(30)3)27(32)33)29-28(34)35-16-24-22-11-6-4-9-20(22)21-10-5-7-12-23(21)24/h4-7,9-12,17-19,24-25H,8,13-16H2,1-3H3,(H,29,34)(H,32,33)/t18-,19-,25+/m1/s1. The molecule has 0 radical (unpaired) electrons. The number of carboxylic acid groups (broad SMARTS) is 1. The molecule has 1 saturated heterocycles. The number of carbonyl (C=O) groups is 3.